The predicted octanol–water partition coefficient (Wildman–Crippen LogP) is 3.17. The van der Waals surface area contributed by atoms with Crippen molar-refractivity contribution in [3.63, 3.8) is 0 Å². The van der Waals surface area contributed by atoms with Gasteiger partial charge in [0.05, 0.1) is 13.2 Å². The molecule has 1 N–H and O–H groups in total. The summed E-state index contributed by atoms with van der Waals surface area (Å²) < 4.78 is 16.8. The molecule has 21 heavy (non-hydrogen) atoms. The first-order chi connectivity index (χ1) is 10.3. The Morgan fingerprint density at radius 2 is 1.81 bits per heavy atom. The number of hydrogen-bond acceptors (Lipinski definition) is 4. The molecule has 1 unspecified atom stereocenters. The highest BCUT2D eigenvalue weighted by molar-refractivity contribution is 5.44. The quantitative estimate of drug-likeness (QED) is 0.838. The fraction of sp³-hybridized carbons (Fsp3) is 0.647. The van der Waals surface area contributed by atoms with Gasteiger partial charge in [-0.25, -0.2) is 0 Å². The SMILES string of the molecule is CCOc1ccc(C(NC)C2CCOCC2)cc1OCC. The third-order valence-electron chi connectivity index (χ3n) is 3.97. The second-order valence-corrected chi connectivity index (χ2v) is 5.29. The van der Waals surface area contributed by atoms with Gasteiger partial charge in [-0.15, -0.1) is 0 Å². The maximum atomic E-state index is 5.73. The smallest absolute Gasteiger partial charge is 0.161 e. The van der Waals surface area contributed by atoms with Crippen molar-refractivity contribution in [2.45, 2.75) is 32.7 Å². The number of rotatable bonds is 7. The Kier molecular flexibility index (Phi) is 6.33. The van der Waals surface area contributed by atoms with Gasteiger partial charge in [0.25, 0.3) is 0 Å². The molecular weight excluding hydrogens is 266 g/mol. The molecule has 4 nitrogen and oxygen atoms in total. The predicted molar refractivity (Wildman–Crippen MR) is 84.1 cm³/mol. The molecule has 0 amide bonds. The number of benzene rings is 1. The van der Waals surface area contributed by atoms with Crippen LogP contribution in [0.3, 0.4) is 0 Å². The summed E-state index contributed by atoms with van der Waals surface area (Å²) in [6, 6.07) is 6.62. The second kappa shape index (κ2) is 8.25. The van der Waals surface area contributed by atoms with E-state index in [1.54, 1.807) is 0 Å². The molecule has 0 radical (unpaired) electrons. The summed E-state index contributed by atoms with van der Waals surface area (Å²) in [6.07, 6.45) is 2.20. The third-order valence-corrected chi connectivity index (χ3v) is 3.97. The van der Waals surface area contributed by atoms with E-state index in [0.29, 0.717) is 25.2 Å². The topological polar surface area (TPSA) is 39.7 Å². The Labute approximate surface area is 127 Å². The van der Waals surface area contributed by atoms with Gasteiger partial charge in [0.15, 0.2) is 11.5 Å². The van der Waals surface area contributed by atoms with Crippen molar-refractivity contribution in [2.75, 3.05) is 33.5 Å². The summed E-state index contributed by atoms with van der Waals surface area (Å²) in [6.45, 7) is 6.99. The molecule has 1 aliphatic heterocycles. The zero-order valence-electron chi connectivity index (χ0n) is 13.4. The highest BCUT2D eigenvalue weighted by Crippen LogP contribution is 2.35. The normalized spacial score (nSPS) is 17.5. The number of nitrogens with one attached hydrogen (secondary N) is 1. The minimum atomic E-state index is 0.337. The molecule has 2 rings (SSSR count). The lowest BCUT2D eigenvalue weighted by Gasteiger charge is -2.30. The summed E-state index contributed by atoms with van der Waals surface area (Å²) in [5, 5.41) is 3.46. The van der Waals surface area contributed by atoms with Gasteiger partial charge in [0.1, 0.15) is 0 Å². The van der Waals surface area contributed by atoms with Crippen LogP contribution in [0.5, 0.6) is 11.5 Å². The van der Waals surface area contributed by atoms with Crippen LogP contribution in [-0.2, 0) is 4.74 Å². The average Bonchev–Trinajstić information content (AvgIpc) is 2.52. The second-order valence-electron chi connectivity index (χ2n) is 5.29. The van der Waals surface area contributed by atoms with Crippen molar-refractivity contribution >= 4 is 0 Å². The lowest BCUT2D eigenvalue weighted by molar-refractivity contribution is 0.0546. The maximum absolute atomic E-state index is 5.73. The van der Waals surface area contributed by atoms with Crippen molar-refractivity contribution in [1.82, 2.24) is 5.32 Å². The molecule has 1 aromatic carbocycles. The van der Waals surface area contributed by atoms with Gasteiger partial charge >= 0.3 is 0 Å². The average molecular weight is 293 g/mol. The van der Waals surface area contributed by atoms with E-state index in [0.717, 1.165) is 37.6 Å². The minimum absolute atomic E-state index is 0.337. The molecule has 1 fully saturated rings. The van der Waals surface area contributed by atoms with Crippen molar-refractivity contribution in [1.29, 1.82) is 0 Å². The van der Waals surface area contributed by atoms with Crippen molar-refractivity contribution in [3.8, 4) is 11.5 Å². The summed E-state index contributed by atoms with van der Waals surface area (Å²) >= 11 is 0. The van der Waals surface area contributed by atoms with Crippen LogP contribution in [-0.4, -0.2) is 33.5 Å². The van der Waals surface area contributed by atoms with Crippen LogP contribution >= 0.6 is 0 Å². The maximum Gasteiger partial charge on any atom is 0.161 e. The zero-order chi connectivity index (χ0) is 15.1. The van der Waals surface area contributed by atoms with Gasteiger partial charge in [-0.3, -0.25) is 0 Å². The lowest BCUT2D eigenvalue weighted by Crippen LogP contribution is -2.30. The van der Waals surface area contributed by atoms with Crippen LogP contribution < -0.4 is 14.8 Å². The first-order valence-electron chi connectivity index (χ1n) is 7.94. The van der Waals surface area contributed by atoms with Gasteiger partial charge in [0, 0.05) is 19.3 Å². The largest absolute Gasteiger partial charge is 0.490 e. The van der Waals surface area contributed by atoms with E-state index in [4.69, 9.17) is 14.2 Å². The van der Waals surface area contributed by atoms with Gasteiger partial charge in [-0.1, -0.05) is 6.07 Å². The van der Waals surface area contributed by atoms with E-state index in [1.807, 2.05) is 27.0 Å². The Morgan fingerprint density at radius 3 is 2.43 bits per heavy atom. The van der Waals surface area contributed by atoms with Gasteiger partial charge < -0.3 is 19.5 Å². The highest BCUT2D eigenvalue weighted by atomic mass is 16.5. The van der Waals surface area contributed by atoms with Crippen molar-refractivity contribution in [3.05, 3.63) is 23.8 Å². The number of hydrogen-bond donors (Lipinski definition) is 1. The van der Waals surface area contributed by atoms with Gasteiger partial charge in [-0.2, -0.15) is 0 Å². The van der Waals surface area contributed by atoms with Crippen molar-refractivity contribution in [2.24, 2.45) is 5.92 Å². The Morgan fingerprint density at radius 1 is 1.14 bits per heavy atom. The molecule has 0 aromatic heterocycles. The van der Waals surface area contributed by atoms with Crippen molar-refractivity contribution < 1.29 is 14.2 Å². The van der Waals surface area contributed by atoms with Gasteiger partial charge in [0.2, 0.25) is 0 Å². The van der Waals surface area contributed by atoms with E-state index in [-0.39, 0.29) is 0 Å². The summed E-state index contributed by atoms with van der Waals surface area (Å²) in [5.74, 6) is 2.27. The fourth-order valence-corrected chi connectivity index (χ4v) is 2.98. The molecule has 1 aromatic rings. The molecule has 1 atom stereocenters. The molecular formula is C17H27NO3. The van der Waals surface area contributed by atoms with E-state index in [2.05, 4.69) is 17.4 Å². The van der Waals surface area contributed by atoms with Crippen LogP contribution in [0, 0.1) is 5.92 Å². The standard InChI is InChI=1S/C17H27NO3/c1-4-20-15-7-6-14(12-16(15)21-5-2)17(18-3)13-8-10-19-11-9-13/h6-7,12-13,17-18H,4-5,8-11H2,1-3H3. The Hall–Kier alpha value is -1.26. The van der Waals surface area contributed by atoms with Crippen LogP contribution in [0.25, 0.3) is 0 Å². The van der Waals surface area contributed by atoms with E-state index < -0.39 is 0 Å². The third kappa shape index (κ3) is 4.11. The van der Waals surface area contributed by atoms with E-state index in [1.165, 1.54) is 5.56 Å². The van der Waals surface area contributed by atoms with E-state index >= 15 is 0 Å². The molecule has 118 valence electrons. The molecule has 0 saturated carbocycles. The molecule has 1 saturated heterocycles. The zero-order valence-corrected chi connectivity index (χ0v) is 13.4. The molecule has 0 bridgehead atoms. The Balaban J connectivity index is 2.21. The summed E-state index contributed by atoms with van der Waals surface area (Å²) in [5.41, 5.74) is 1.26. The van der Waals surface area contributed by atoms with E-state index in [9.17, 15) is 0 Å². The van der Waals surface area contributed by atoms with Crippen LogP contribution in [0.4, 0.5) is 0 Å². The fourth-order valence-electron chi connectivity index (χ4n) is 2.98. The Bertz CT molecular complexity index is 430. The van der Waals surface area contributed by atoms with Crippen LogP contribution in [0.15, 0.2) is 18.2 Å². The summed E-state index contributed by atoms with van der Waals surface area (Å²) in [7, 11) is 2.02. The first kappa shape index (κ1) is 16.1. The van der Waals surface area contributed by atoms with Gasteiger partial charge in [-0.05, 0) is 57.4 Å². The molecule has 1 heterocycles. The molecule has 4 heteroatoms. The lowest BCUT2D eigenvalue weighted by atomic mass is 9.87. The van der Waals surface area contributed by atoms with Crippen LogP contribution in [0.2, 0.25) is 0 Å². The first-order valence-corrected chi connectivity index (χ1v) is 7.94. The number of ether oxygens (including phenoxy) is 3. The molecule has 0 aliphatic carbocycles. The monoisotopic (exact) mass is 293 g/mol. The summed E-state index contributed by atoms with van der Waals surface area (Å²) in [4.78, 5) is 0. The molecule has 0 spiro atoms. The molecule has 1 aliphatic rings. The minimum Gasteiger partial charge on any atom is -0.490 e. The van der Waals surface area contributed by atoms with Crippen LogP contribution in [0.1, 0.15) is 38.3 Å². The highest BCUT2D eigenvalue weighted by Gasteiger charge is 2.25.